The van der Waals surface area contributed by atoms with Crippen LogP contribution in [-0.2, 0) is 4.79 Å². The lowest BCUT2D eigenvalue weighted by Crippen LogP contribution is -2.20. The molecule has 0 saturated heterocycles. The van der Waals surface area contributed by atoms with Gasteiger partial charge in [-0.15, -0.1) is 10.2 Å². The van der Waals surface area contributed by atoms with Gasteiger partial charge in [-0.05, 0) is 47.0 Å². The van der Waals surface area contributed by atoms with E-state index in [1.807, 2.05) is 95.6 Å². The third-order valence-electron chi connectivity index (χ3n) is 6.04. The third-order valence-corrected chi connectivity index (χ3v) is 6.97. The standard InChI is InChI=1S/C31H27N5O3S/c1-38-27-18-17-25(19-28(27)39-2)30-34-35-31(36(30)26-11-7-4-8-12-26)40-21-29(37)33-32-20-22-13-15-24(16-14-22)23-9-5-3-6-10-23/h3-20H,21H2,1-2H3,(H,33,37)/b32-20+. The smallest absolute Gasteiger partial charge is 0.250 e. The van der Waals surface area contributed by atoms with E-state index in [-0.39, 0.29) is 11.7 Å². The first-order valence-electron chi connectivity index (χ1n) is 12.5. The molecule has 5 rings (SSSR count). The highest BCUT2D eigenvalue weighted by molar-refractivity contribution is 7.99. The molecule has 4 aromatic carbocycles. The van der Waals surface area contributed by atoms with Crippen molar-refractivity contribution in [1.29, 1.82) is 0 Å². The number of nitrogens with zero attached hydrogens (tertiary/aromatic N) is 4. The first-order valence-corrected chi connectivity index (χ1v) is 13.5. The number of carbonyl (C=O) groups is 1. The van der Waals surface area contributed by atoms with Gasteiger partial charge in [0, 0.05) is 11.3 Å². The lowest BCUT2D eigenvalue weighted by atomic mass is 10.0. The Bertz CT molecular complexity index is 1600. The molecule has 0 bridgehead atoms. The van der Waals surface area contributed by atoms with Crippen LogP contribution in [0.3, 0.4) is 0 Å². The first-order chi connectivity index (χ1) is 19.7. The van der Waals surface area contributed by atoms with Gasteiger partial charge in [0.25, 0.3) is 5.91 Å². The summed E-state index contributed by atoms with van der Waals surface area (Å²) in [5.74, 6) is 1.69. The second-order valence-corrected chi connectivity index (χ2v) is 9.56. The van der Waals surface area contributed by atoms with Crippen LogP contribution >= 0.6 is 11.8 Å². The molecular weight excluding hydrogens is 522 g/mol. The number of benzene rings is 4. The Morgan fingerprint density at radius 3 is 2.17 bits per heavy atom. The zero-order chi connectivity index (χ0) is 27.7. The molecule has 0 aliphatic heterocycles. The Hall–Kier alpha value is -4.89. The first kappa shape index (κ1) is 26.7. The molecule has 200 valence electrons. The van der Waals surface area contributed by atoms with Gasteiger partial charge in [-0.25, -0.2) is 5.43 Å². The minimum atomic E-state index is -0.252. The van der Waals surface area contributed by atoms with Crippen LogP contribution in [0.5, 0.6) is 11.5 Å². The van der Waals surface area contributed by atoms with Crippen LogP contribution in [0, 0.1) is 0 Å². The molecule has 9 heteroatoms. The number of ether oxygens (including phenoxy) is 2. The van der Waals surface area contributed by atoms with Crippen molar-refractivity contribution in [1.82, 2.24) is 20.2 Å². The lowest BCUT2D eigenvalue weighted by Gasteiger charge is -2.12. The molecular formula is C31H27N5O3S. The molecule has 0 atom stereocenters. The van der Waals surface area contributed by atoms with Crippen molar-refractivity contribution < 1.29 is 14.3 Å². The van der Waals surface area contributed by atoms with Crippen molar-refractivity contribution in [2.24, 2.45) is 5.10 Å². The van der Waals surface area contributed by atoms with E-state index >= 15 is 0 Å². The number of aromatic nitrogens is 3. The molecule has 1 aromatic heterocycles. The number of methoxy groups -OCH3 is 2. The molecule has 0 radical (unpaired) electrons. The molecule has 40 heavy (non-hydrogen) atoms. The molecule has 0 aliphatic rings. The molecule has 8 nitrogen and oxygen atoms in total. The minimum Gasteiger partial charge on any atom is -0.493 e. The Balaban J connectivity index is 1.27. The van der Waals surface area contributed by atoms with Gasteiger partial charge in [0.15, 0.2) is 22.5 Å². The zero-order valence-electron chi connectivity index (χ0n) is 22.0. The molecule has 1 heterocycles. The molecule has 0 unspecified atom stereocenters. The van der Waals surface area contributed by atoms with Crippen LogP contribution in [0.15, 0.2) is 113 Å². The summed E-state index contributed by atoms with van der Waals surface area (Å²) < 4.78 is 12.8. The average Bonchev–Trinajstić information content (AvgIpc) is 3.45. The molecule has 0 spiro atoms. The van der Waals surface area contributed by atoms with Crippen molar-refractivity contribution in [3.05, 3.63) is 109 Å². The predicted octanol–water partition coefficient (Wildman–Crippen LogP) is 5.86. The van der Waals surface area contributed by atoms with Gasteiger partial charge < -0.3 is 9.47 Å². The zero-order valence-corrected chi connectivity index (χ0v) is 22.8. The predicted molar refractivity (Wildman–Crippen MR) is 158 cm³/mol. The van der Waals surface area contributed by atoms with Gasteiger partial charge in [-0.2, -0.15) is 5.10 Å². The minimum absolute atomic E-state index is 0.112. The molecule has 0 aliphatic carbocycles. The van der Waals surface area contributed by atoms with Crippen molar-refractivity contribution in [3.8, 4) is 39.7 Å². The van der Waals surface area contributed by atoms with Crippen molar-refractivity contribution in [3.63, 3.8) is 0 Å². The quantitative estimate of drug-likeness (QED) is 0.133. The van der Waals surface area contributed by atoms with Crippen LogP contribution in [0.25, 0.3) is 28.2 Å². The molecule has 1 amide bonds. The van der Waals surface area contributed by atoms with Crippen molar-refractivity contribution in [2.45, 2.75) is 5.16 Å². The summed E-state index contributed by atoms with van der Waals surface area (Å²) in [6, 6.07) is 33.5. The summed E-state index contributed by atoms with van der Waals surface area (Å²) in [7, 11) is 3.18. The average molecular weight is 550 g/mol. The van der Waals surface area contributed by atoms with Gasteiger partial charge >= 0.3 is 0 Å². The van der Waals surface area contributed by atoms with Gasteiger partial charge in [-0.3, -0.25) is 9.36 Å². The van der Waals surface area contributed by atoms with Crippen LogP contribution in [0.1, 0.15) is 5.56 Å². The summed E-state index contributed by atoms with van der Waals surface area (Å²) in [4.78, 5) is 12.6. The van der Waals surface area contributed by atoms with Crippen LogP contribution in [0.4, 0.5) is 0 Å². The number of para-hydroxylation sites is 1. The number of nitrogens with one attached hydrogen (secondary N) is 1. The number of carbonyl (C=O) groups excluding carboxylic acids is 1. The number of hydrogen-bond donors (Lipinski definition) is 1. The van der Waals surface area contributed by atoms with Gasteiger partial charge in [0.05, 0.1) is 26.2 Å². The van der Waals surface area contributed by atoms with E-state index in [4.69, 9.17) is 9.47 Å². The number of thioether (sulfide) groups is 1. The summed E-state index contributed by atoms with van der Waals surface area (Å²) in [5.41, 5.74) is 7.42. The van der Waals surface area contributed by atoms with Crippen LogP contribution in [-0.4, -0.2) is 46.9 Å². The highest BCUT2D eigenvalue weighted by Gasteiger charge is 2.18. The monoisotopic (exact) mass is 549 g/mol. The van der Waals surface area contributed by atoms with E-state index in [1.165, 1.54) is 11.8 Å². The fourth-order valence-electron chi connectivity index (χ4n) is 4.07. The summed E-state index contributed by atoms with van der Waals surface area (Å²) in [6.07, 6.45) is 1.62. The molecule has 0 fully saturated rings. The van der Waals surface area contributed by atoms with Gasteiger partial charge in [0.1, 0.15) is 0 Å². The lowest BCUT2D eigenvalue weighted by molar-refractivity contribution is -0.118. The van der Waals surface area contributed by atoms with E-state index in [2.05, 4.69) is 32.9 Å². The topological polar surface area (TPSA) is 90.6 Å². The summed E-state index contributed by atoms with van der Waals surface area (Å²) in [6.45, 7) is 0. The normalized spacial score (nSPS) is 10.9. The van der Waals surface area contributed by atoms with E-state index in [0.717, 1.165) is 27.9 Å². The SMILES string of the molecule is COc1ccc(-c2nnc(SCC(=O)N/N=C/c3ccc(-c4ccccc4)cc3)n2-c2ccccc2)cc1OC. The Morgan fingerprint density at radius 2 is 1.48 bits per heavy atom. The summed E-state index contributed by atoms with van der Waals surface area (Å²) in [5, 5.41) is 13.5. The largest absolute Gasteiger partial charge is 0.493 e. The molecule has 1 N–H and O–H groups in total. The number of amides is 1. The van der Waals surface area contributed by atoms with E-state index in [9.17, 15) is 4.79 Å². The van der Waals surface area contributed by atoms with Crippen molar-refractivity contribution in [2.75, 3.05) is 20.0 Å². The van der Waals surface area contributed by atoms with Crippen molar-refractivity contribution >= 4 is 23.9 Å². The van der Waals surface area contributed by atoms with E-state index in [1.54, 1.807) is 20.4 Å². The molecule has 0 saturated carbocycles. The number of hydrogen-bond acceptors (Lipinski definition) is 7. The second-order valence-electron chi connectivity index (χ2n) is 8.62. The highest BCUT2D eigenvalue weighted by atomic mass is 32.2. The van der Waals surface area contributed by atoms with Gasteiger partial charge in [0.2, 0.25) is 0 Å². The number of hydrazone groups is 1. The Morgan fingerprint density at radius 1 is 0.825 bits per heavy atom. The maximum atomic E-state index is 12.6. The number of rotatable bonds is 10. The summed E-state index contributed by atoms with van der Waals surface area (Å²) >= 11 is 1.28. The highest BCUT2D eigenvalue weighted by Crippen LogP contribution is 2.34. The van der Waals surface area contributed by atoms with Gasteiger partial charge in [-0.1, -0.05) is 84.6 Å². The Kier molecular flexibility index (Phi) is 8.53. The van der Waals surface area contributed by atoms with Crippen LogP contribution in [0.2, 0.25) is 0 Å². The second kappa shape index (κ2) is 12.8. The maximum absolute atomic E-state index is 12.6. The fraction of sp³-hybridized carbons (Fsp3) is 0.0968. The Labute approximate surface area is 236 Å². The third kappa shape index (κ3) is 6.22. The molecule has 5 aromatic rings. The maximum Gasteiger partial charge on any atom is 0.250 e. The fourth-order valence-corrected chi connectivity index (χ4v) is 4.81. The van der Waals surface area contributed by atoms with Crippen LogP contribution < -0.4 is 14.9 Å². The van der Waals surface area contributed by atoms with E-state index < -0.39 is 0 Å². The van der Waals surface area contributed by atoms with E-state index in [0.29, 0.717) is 22.5 Å².